The van der Waals surface area contributed by atoms with Gasteiger partial charge in [-0.3, -0.25) is 9.97 Å². The van der Waals surface area contributed by atoms with Crippen LogP contribution < -0.4 is 10.6 Å². The van der Waals surface area contributed by atoms with Gasteiger partial charge in [-0.15, -0.1) is 0 Å². The summed E-state index contributed by atoms with van der Waals surface area (Å²) in [5.74, 6) is 0. The Morgan fingerprint density at radius 3 is 1.44 bits per heavy atom. The lowest BCUT2D eigenvalue weighted by Crippen LogP contribution is -2.42. The zero-order chi connectivity index (χ0) is 22.7. The lowest BCUT2D eigenvalue weighted by atomic mass is 10.1. The molecule has 3 aromatic heterocycles. The molecule has 5 heteroatoms. The third-order valence-corrected chi connectivity index (χ3v) is 10.4. The first-order valence-electron chi connectivity index (χ1n) is 12.2. The van der Waals surface area contributed by atoms with Crippen LogP contribution in [0.5, 0.6) is 0 Å². The summed E-state index contributed by atoms with van der Waals surface area (Å²) in [5.41, 5.74) is 10.2. The van der Waals surface area contributed by atoms with E-state index in [4.69, 9.17) is 15.0 Å². The summed E-state index contributed by atoms with van der Waals surface area (Å²) in [7, 11) is -3.22. The maximum Gasteiger partial charge on any atom is 0.102 e. The summed E-state index contributed by atoms with van der Waals surface area (Å²) in [6, 6.07) is 11.4. The molecule has 0 aliphatic heterocycles. The Hall–Kier alpha value is -2.12. The minimum atomic E-state index is -1.61. The van der Waals surface area contributed by atoms with Crippen molar-refractivity contribution in [3.05, 3.63) is 52.8 Å². The van der Waals surface area contributed by atoms with Crippen molar-refractivity contribution in [1.82, 2.24) is 15.0 Å². The van der Waals surface area contributed by atoms with Crippen molar-refractivity contribution >= 4 is 26.8 Å². The first-order valence-corrected chi connectivity index (χ1v) is 19.2. The molecule has 0 radical (unpaired) electrons. The molecule has 166 valence electrons. The molecular formula is C27H35N3Si2. The first kappa shape index (κ1) is 21.7. The topological polar surface area (TPSA) is 38.7 Å². The molecule has 0 N–H and O–H groups in total. The number of hydrogen-bond donors (Lipinski definition) is 0. The van der Waals surface area contributed by atoms with Gasteiger partial charge in [0.2, 0.25) is 0 Å². The van der Waals surface area contributed by atoms with Gasteiger partial charge in [0, 0.05) is 33.1 Å². The number of aryl methyl sites for hydroxylation is 4. The third kappa shape index (κ3) is 3.90. The van der Waals surface area contributed by atoms with Crippen LogP contribution in [0.2, 0.25) is 39.3 Å². The highest BCUT2D eigenvalue weighted by atomic mass is 28.3. The largest absolute Gasteiger partial charge is 0.262 e. The fourth-order valence-electron chi connectivity index (χ4n) is 5.21. The van der Waals surface area contributed by atoms with Crippen LogP contribution in [0.1, 0.15) is 35.4 Å². The zero-order valence-electron chi connectivity index (χ0n) is 20.5. The van der Waals surface area contributed by atoms with Crippen molar-refractivity contribution in [3.8, 4) is 22.5 Å². The van der Waals surface area contributed by atoms with Gasteiger partial charge < -0.3 is 0 Å². The van der Waals surface area contributed by atoms with Gasteiger partial charge in [0.1, 0.15) is 16.1 Å². The van der Waals surface area contributed by atoms with E-state index in [1.54, 1.807) is 0 Å². The highest BCUT2D eigenvalue weighted by Gasteiger charge is 2.29. The number of pyridine rings is 3. The molecule has 0 unspecified atom stereocenters. The van der Waals surface area contributed by atoms with Crippen molar-refractivity contribution in [3.63, 3.8) is 0 Å². The standard InChI is InChI=1S/C27H35N3Si2/c1-31(2,3)26-20(16-18-10-7-12-22(18)29-26)24-14-9-15-25(28-24)21-17-19-11-8-13-23(19)30-27(21)32(4,5)6/h9,14-17H,7-8,10-13H2,1-6H3. The average Bonchev–Trinajstić information content (AvgIpc) is 3.39. The first-order chi connectivity index (χ1) is 15.1. The Morgan fingerprint density at radius 1 is 0.594 bits per heavy atom. The summed E-state index contributed by atoms with van der Waals surface area (Å²) in [6.07, 6.45) is 7.00. The van der Waals surface area contributed by atoms with Gasteiger partial charge in [0.05, 0.1) is 11.4 Å². The van der Waals surface area contributed by atoms with E-state index >= 15 is 0 Å². The van der Waals surface area contributed by atoms with Crippen molar-refractivity contribution in [1.29, 1.82) is 0 Å². The van der Waals surface area contributed by atoms with E-state index in [2.05, 4.69) is 69.6 Å². The normalized spacial score (nSPS) is 15.7. The monoisotopic (exact) mass is 457 g/mol. The lowest BCUT2D eigenvalue weighted by Gasteiger charge is -2.23. The third-order valence-electron chi connectivity index (χ3n) is 6.82. The predicted octanol–water partition coefficient (Wildman–Crippen LogP) is 5.27. The second-order valence-corrected chi connectivity index (χ2v) is 21.5. The van der Waals surface area contributed by atoms with Gasteiger partial charge in [0.25, 0.3) is 0 Å². The summed E-state index contributed by atoms with van der Waals surface area (Å²) in [5, 5.41) is 2.61. The minimum absolute atomic E-state index is 1.07. The summed E-state index contributed by atoms with van der Waals surface area (Å²) >= 11 is 0. The molecule has 3 heterocycles. The van der Waals surface area contributed by atoms with Gasteiger partial charge in [0.15, 0.2) is 0 Å². The molecular weight excluding hydrogens is 422 g/mol. The minimum Gasteiger partial charge on any atom is -0.262 e. The van der Waals surface area contributed by atoms with Gasteiger partial charge in [-0.2, -0.15) is 0 Å². The van der Waals surface area contributed by atoms with E-state index in [1.807, 2.05) is 0 Å². The highest BCUT2D eigenvalue weighted by Crippen LogP contribution is 2.30. The molecule has 0 fully saturated rings. The van der Waals surface area contributed by atoms with Crippen LogP contribution in [0.25, 0.3) is 22.5 Å². The van der Waals surface area contributed by atoms with E-state index in [1.165, 1.54) is 57.1 Å². The molecule has 32 heavy (non-hydrogen) atoms. The van der Waals surface area contributed by atoms with Gasteiger partial charge in [-0.1, -0.05) is 45.3 Å². The van der Waals surface area contributed by atoms with Crippen LogP contribution in [0.3, 0.4) is 0 Å². The Bertz CT molecular complexity index is 1110. The second-order valence-electron chi connectivity index (χ2n) is 11.6. The molecule has 0 saturated carbocycles. The number of fused-ring (bicyclic) bond motifs is 2. The van der Waals surface area contributed by atoms with Gasteiger partial charge >= 0.3 is 0 Å². The Morgan fingerprint density at radius 2 is 1.03 bits per heavy atom. The molecule has 0 saturated heterocycles. The summed E-state index contributed by atoms with van der Waals surface area (Å²) < 4.78 is 0. The van der Waals surface area contributed by atoms with Gasteiger partial charge in [-0.05, 0) is 73.9 Å². The van der Waals surface area contributed by atoms with Crippen LogP contribution in [-0.4, -0.2) is 31.1 Å². The molecule has 0 aromatic carbocycles. The molecule has 0 bridgehead atoms. The summed E-state index contributed by atoms with van der Waals surface area (Å²) in [6.45, 7) is 14.4. The molecule has 5 rings (SSSR count). The maximum atomic E-state index is 5.28. The SMILES string of the molecule is C[Si](C)(C)c1nc2c(cc1-c1cccc(-c3cc4c(nc3[Si](C)(C)C)CCC4)n1)CCC2. The molecule has 3 nitrogen and oxygen atoms in total. The van der Waals surface area contributed by atoms with E-state index in [9.17, 15) is 0 Å². The number of hydrogen-bond acceptors (Lipinski definition) is 3. The van der Waals surface area contributed by atoms with Crippen LogP contribution in [0, 0.1) is 0 Å². The Labute approximate surface area is 194 Å². The van der Waals surface area contributed by atoms with Crippen LogP contribution in [0.15, 0.2) is 30.3 Å². The van der Waals surface area contributed by atoms with Crippen molar-refractivity contribution in [2.24, 2.45) is 0 Å². The fraction of sp³-hybridized carbons (Fsp3) is 0.444. The van der Waals surface area contributed by atoms with Crippen molar-refractivity contribution in [2.75, 3.05) is 0 Å². The van der Waals surface area contributed by atoms with E-state index < -0.39 is 16.1 Å². The van der Waals surface area contributed by atoms with Crippen molar-refractivity contribution in [2.45, 2.75) is 77.8 Å². The van der Waals surface area contributed by atoms with E-state index in [-0.39, 0.29) is 0 Å². The smallest absolute Gasteiger partial charge is 0.102 e. The van der Waals surface area contributed by atoms with Crippen LogP contribution >= 0.6 is 0 Å². The molecule has 0 atom stereocenters. The quantitative estimate of drug-likeness (QED) is 0.501. The van der Waals surface area contributed by atoms with Gasteiger partial charge in [-0.25, -0.2) is 4.98 Å². The van der Waals surface area contributed by atoms with Crippen LogP contribution in [-0.2, 0) is 25.7 Å². The van der Waals surface area contributed by atoms with Crippen LogP contribution in [0.4, 0.5) is 0 Å². The van der Waals surface area contributed by atoms with E-state index in [0.29, 0.717) is 0 Å². The summed E-state index contributed by atoms with van der Waals surface area (Å²) in [4.78, 5) is 15.7. The maximum absolute atomic E-state index is 5.28. The highest BCUT2D eigenvalue weighted by molar-refractivity contribution is 6.89. The van der Waals surface area contributed by atoms with Crippen molar-refractivity contribution < 1.29 is 0 Å². The molecule has 0 spiro atoms. The zero-order valence-corrected chi connectivity index (χ0v) is 22.5. The number of aromatic nitrogens is 3. The Balaban J connectivity index is 1.69. The molecule has 3 aromatic rings. The Kier molecular flexibility index (Phi) is 5.25. The molecule has 0 amide bonds. The average molecular weight is 458 g/mol. The number of rotatable bonds is 4. The fourth-order valence-corrected chi connectivity index (χ4v) is 8.17. The molecule has 2 aliphatic carbocycles. The lowest BCUT2D eigenvalue weighted by molar-refractivity contribution is 0.900. The number of nitrogens with zero attached hydrogens (tertiary/aromatic N) is 3. The van der Waals surface area contributed by atoms with E-state index in [0.717, 1.165) is 37.1 Å². The molecule has 2 aliphatic rings. The second kappa shape index (κ2) is 7.73. The predicted molar refractivity (Wildman–Crippen MR) is 141 cm³/mol.